The fraction of sp³-hybridized carbons (Fsp3) is 0.318. The summed E-state index contributed by atoms with van der Waals surface area (Å²) >= 11 is 5.89. The van der Waals surface area contributed by atoms with Crippen LogP contribution < -0.4 is 4.74 Å². The van der Waals surface area contributed by atoms with Crippen LogP contribution in [0.3, 0.4) is 0 Å². The van der Waals surface area contributed by atoms with E-state index in [0.717, 1.165) is 16.7 Å². The fourth-order valence-electron chi connectivity index (χ4n) is 3.77. The Bertz CT molecular complexity index is 959. The summed E-state index contributed by atoms with van der Waals surface area (Å²) in [6.45, 7) is 0. The number of ether oxygens (including phenoxy) is 3. The molecule has 0 unspecified atom stereocenters. The number of fused-ring (bicyclic) bond motifs is 1. The zero-order valence-electron chi connectivity index (χ0n) is 16.9. The molecule has 1 aliphatic rings. The van der Waals surface area contributed by atoms with Crippen LogP contribution in [0.15, 0.2) is 42.5 Å². The number of halogens is 1. The van der Waals surface area contributed by atoms with Crippen molar-refractivity contribution in [1.29, 1.82) is 0 Å². The van der Waals surface area contributed by atoms with Gasteiger partial charge in [0.15, 0.2) is 0 Å². The van der Waals surface area contributed by atoms with Gasteiger partial charge in [-0.2, -0.15) is 0 Å². The normalized spacial score (nSPS) is 17.7. The van der Waals surface area contributed by atoms with Crippen LogP contribution in [0.2, 0.25) is 0 Å². The molecule has 2 aromatic carbocycles. The van der Waals surface area contributed by atoms with Crippen molar-refractivity contribution in [2.75, 3.05) is 27.2 Å². The van der Waals surface area contributed by atoms with Crippen molar-refractivity contribution in [2.45, 2.75) is 18.5 Å². The highest BCUT2D eigenvalue weighted by Crippen LogP contribution is 2.40. The van der Waals surface area contributed by atoms with Gasteiger partial charge in [-0.25, -0.2) is 9.59 Å². The monoisotopic (exact) mass is 431 g/mol. The first-order chi connectivity index (χ1) is 14.4. The summed E-state index contributed by atoms with van der Waals surface area (Å²) in [7, 11) is 4.16. The predicted molar refractivity (Wildman–Crippen MR) is 110 cm³/mol. The number of rotatable bonds is 5. The Kier molecular flexibility index (Phi) is 6.62. The van der Waals surface area contributed by atoms with Crippen LogP contribution in [0.4, 0.5) is 0 Å². The number of hydrogen-bond acceptors (Lipinski definition) is 6. The molecule has 1 heterocycles. The van der Waals surface area contributed by atoms with Crippen LogP contribution in [0, 0.1) is 0 Å². The van der Waals surface area contributed by atoms with Gasteiger partial charge < -0.3 is 19.1 Å². The van der Waals surface area contributed by atoms with Crippen molar-refractivity contribution >= 4 is 29.4 Å². The van der Waals surface area contributed by atoms with Crippen LogP contribution in [0.5, 0.6) is 5.75 Å². The Morgan fingerprint density at radius 2 is 1.73 bits per heavy atom. The lowest BCUT2D eigenvalue weighted by molar-refractivity contribution is -0.154. The molecule has 2 aromatic rings. The van der Waals surface area contributed by atoms with Crippen molar-refractivity contribution in [2.24, 2.45) is 0 Å². The van der Waals surface area contributed by atoms with Crippen molar-refractivity contribution in [1.82, 2.24) is 4.90 Å². The van der Waals surface area contributed by atoms with E-state index < -0.39 is 29.9 Å². The maximum Gasteiger partial charge on any atom is 0.337 e. The topological polar surface area (TPSA) is 82.1 Å². The molecular weight excluding hydrogens is 410 g/mol. The molecule has 0 radical (unpaired) electrons. The summed E-state index contributed by atoms with van der Waals surface area (Å²) in [5.74, 6) is -1.02. The van der Waals surface area contributed by atoms with E-state index in [0.29, 0.717) is 11.3 Å². The lowest BCUT2D eigenvalue weighted by Crippen LogP contribution is -2.52. The first kappa shape index (κ1) is 21.6. The molecular formula is C22H22ClNO6. The minimum absolute atomic E-state index is 0.276. The lowest BCUT2D eigenvalue weighted by Gasteiger charge is -2.42. The Morgan fingerprint density at radius 3 is 2.30 bits per heavy atom. The molecule has 1 aliphatic heterocycles. The lowest BCUT2D eigenvalue weighted by atomic mass is 9.84. The van der Waals surface area contributed by atoms with Gasteiger partial charge in [-0.1, -0.05) is 18.2 Å². The van der Waals surface area contributed by atoms with E-state index in [2.05, 4.69) is 0 Å². The van der Waals surface area contributed by atoms with Crippen molar-refractivity contribution < 1.29 is 28.6 Å². The molecule has 3 rings (SSSR count). The average Bonchev–Trinajstić information content (AvgIpc) is 2.80. The van der Waals surface area contributed by atoms with Crippen molar-refractivity contribution in [3.8, 4) is 5.75 Å². The molecule has 0 saturated carbocycles. The van der Waals surface area contributed by atoms with Gasteiger partial charge in [-0.05, 0) is 41.0 Å². The summed E-state index contributed by atoms with van der Waals surface area (Å²) in [5.41, 5.74) is 2.82. The van der Waals surface area contributed by atoms with Gasteiger partial charge >= 0.3 is 11.9 Å². The van der Waals surface area contributed by atoms with Crippen molar-refractivity contribution in [3.63, 3.8) is 0 Å². The average molecular weight is 432 g/mol. The van der Waals surface area contributed by atoms with Crippen LogP contribution in [-0.4, -0.2) is 56.0 Å². The van der Waals surface area contributed by atoms with E-state index in [4.69, 9.17) is 25.8 Å². The zero-order valence-corrected chi connectivity index (χ0v) is 17.6. The van der Waals surface area contributed by atoms with Gasteiger partial charge in [0, 0.05) is 6.42 Å². The summed E-state index contributed by atoms with van der Waals surface area (Å²) in [5, 5.41) is 0. The van der Waals surface area contributed by atoms with E-state index in [1.165, 1.54) is 19.1 Å². The third-order valence-electron chi connectivity index (χ3n) is 5.20. The molecule has 0 bridgehead atoms. The number of methoxy groups -OCH3 is 3. The largest absolute Gasteiger partial charge is 0.497 e. The maximum atomic E-state index is 12.8. The number of carbonyl (C=O) groups excluding carboxylic acids is 3. The molecule has 8 heteroatoms. The number of benzene rings is 2. The molecule has 0 aliphatic carbocycles. The number of alkyl halides is 1. The minimum Gasteiger partial charge on any atom is -0.497 e. The summed E-state index contributed by atoms with van der Waals surface area (Å²) in [6, 6.07) is 10.8. The Labute approximate surface area is 179 Å². The van der Waals surface area contributed by atoms with E-state index in [1.807, 2.05) is 12.1 Å². The minimum atomic E-state index is -0.842. The first-order valence-corrected chi connectivity index (χ1v) is 9.78. The van der Waals surface area contributed by atoms with Crippen LogP contribution >= 0.6 is 11.6 Å². The smallest absolute Gasteiger partial charge is 0.337 e. The number of carbonyl (C=O) groups is 3. The molecule has 0 fully saturated rings. The molecule has 30 heavy (non-hydrogen) atoms. The Morgan fingerprint density at radius 1 is 1.03 bits per heavy atom. The highest BCUT2D eigenvalue weighted by Gasteiger charge is 2.42. The highest BCUT2D eigenvalue weighted by molar-refractivity contribution is 6.27. The van der Waals surface area contributed by atoms with Gasteiger partial charge in [-0.15, -0.1) is 11.6 Å². The van der Waals surface area contributed by atoms with E-state index in [9.17, 15) is 14.4 Å². The Balaban J connectivity index is 2.17. The number of hydrogen-bond donors (Lipinski definition) is 0. The fourth-order valence-corrected chi connectivity index (χ4v) is 3.91. The van der Waals surface area contributed by atoms with Gasteiger partial charge in [0.05, 0.1) is 32.9 Å². The summed E-state index contributed by atoms with van der Waals surface area (Å²) in [4.78, 5) is 38.6. The van der Waals surface area contributed by atoms with Crippen LogP contribution in [0.1, 0.15) is 33.1 Å². The van der Waals surface area contributed by atoms with Gasteiger partial charge in [-0.3, -0.25) is 4.79 Å². The zero-order chi connectivity index (χ0) is 21.8. The second-order valence-electron chi connectivity index (χ2n) is 6.76. The van der Waals surface area contributed by atoms with E-state index >= 15 is 0 Å². The molecule has 158 valence electrons. The quantitative estimate of drug-likeness (QED) is 0.534. The number of nitrogens with zero attached hydrogens (tertiary/aromatic N) is 1. The predicted octanol–water partition coefficient (Wildman–Crippen LogP) is 2.74. The van der Waals surface area contributed by atoms with Crippen LogP contribution in [-0.2, 0) is 25.5 Å². The molecule has 0 spiro atoms. The highest BCUT2D eigenvalue weighted by atomic mass is 35.5. The van der Waals surface area contributed by atoms with Gasteiger partial charge in [0.1, 0.15) is 17.7 Å². The maximum absolute atomic E-state index is 12.8. The molecule has 0 N–H and O–H groups in total. The van der Waals surface area contributed by atoms with E-state index in [-0.39, 0.29) is 12.3 Å². The second kappa shape index (κ2) is 9.17. The Hall–Kier alpha value is -3.06. The molecule has 0 saturated heterocycles. The van der Waals surface area contributed by atoms with Gasteiger partial charge in [0.25, 0.3) is 0 Å². The standard InChI is InChI=1S/C22H22ClNO6/c1-28-16-8-9-17-15(10-16)11-18(22(27)30-3)24(19(25)12-23)20(17)13-4-6-14(7-5-13)21(26)29-2/h4-10,18,20H,11-12H2,1-3H3/t18-,20-/m1/s1. The van der Waals surface area contributed by atoms with E-state index in [1.54, 1.807) is 37.4 Å². The third kappa shape index (κ3) is 3.98. The summed E-state index contributed by atoms with van der Waals surface area (Å²) < 4.78 is 15.0. The molecule has 0 aromatic heterocycles. The SMILES string of the molecule is COC(=O)c1ccc([C@@H]2c3ccc(OC)cc3C[C@H](C(=O)OC)N2C(=O)CCl)cc1. The third-order valence-corrected chi connectivity index (χ3v) is 5.42. The van der Waals surface area contributed by atoms with Crippen LogP contribution in [0.25, 0.3) is 0 Å². The molecule has 2 atom stereocenters. The summed E-state index contributed by atoms with van der Waals surface area (Å²) in [6.07, 6.45) is 0.276. The second-order valence-corrected chi connectivity index (χ2v) is 7.03. The van der Waals surface area contributed by atoms with Gasteiger partial charge in [0.2, 0.25) is 5.91 Å². The molecule has 1 amide bonds. The first-order valence-electron chi connectivity index (χ1n) is 9.25. The molecule has 7 nitrogen and oxygen atoms in total. The van der Waals surface area contributed by atoms with Crippen molar-refractivity contribution in [3.05, 3.63) is 64.7 Å². The number of amides is 1. The number of esters is 2.